The standard InChI is InChI=1S/C14H11FN2O/c15-10-5-3-7-17-14(10)13(16)12-8-9-4-1-2-6-11(9)18-12/h1-8,13H,16H2. The molecule has 0 amide bonds. The fourth-order valence-corrected chi connectivity index (χ4v) is 1.92. The number of hydrogen-bond donors (Lipinski definition) is 1. The van der Waals surface area contributed by atoms with Gasteiger partial charge in [-0.05, 0) is 24.3 Å². The number of hydrogen-bond acceptors (Lipinski definition) is 3. The molecule has 1 aromatic carbocycles. The van der Waals surface area contributed by atoms with Gasteiger partial charge in [0.2, 0.25) is 0 Å². The first kappa shape index (κ1) is 10.9. The summed E-state index contributed by atoms with van der Waals surface area (Å²) < 4.78 is 19.2. The first-order valence-electron chi connectivity index (χ1n) is 5.60. The lowest BCUT2D eigenvalue weighted by atomic mass is 10.1. The Hall–Kier alpha value is -2.20. The molecule has 2 N–H and O–H groups in total. The average molecular weight is 242 g/mol. The van der Waals surface area contributed by atoms with E-state index in [1.54, 1.807) is 0 Å². The third-order valence-corrected chi connectivity index (χ3v) is 2.83. The van der Waals surface area contributed by atoms with E-state index < -0.39 is 11.9 Å². The molecule has 3 nitrogen and oxygen atoms in total. The van der Waals surface area contributed by atoms with Gasteiger partial charge in [0, 0.05) is 11.6 Å². The van der Waals surface area contributed by atoms with Gasteiger partial charge in [-0.1, -0.05) is 18.2 Å². The quantitative estimate of drug-likeness (QED) is 0.751. The van der Waals surface area contributed by atoms with Crippen LogP contribution in [0.5, 0.6) is 0 Å². The van der Waals surface area contributed by atoms with Crippen LogP contribution in [-0.4, -0.2) is 4.98 Å². The number of halogens is 1. The normalized spacial score (nSPS) is 12.8. The van der Waals surface area contributed by atoms with Crippen molar-refractivity contribution in [1.82, 2.24) is 4.98 Å². The Morgan fingerprint density at radius 2 is 2.00 bits per heavy atom. The van der Waals surface area contributed by atoms with Crippen LogP contribution in [0.3, 0.4) is 0 Å². The summed E-state index contributed by atoms with van der Waals surface area (Å²) >= 11 is 0. The fraction of sp³-hybridized carbons (Fsp3) is 0.0714. The molecule has 0 aliphatic carbocycles. The summed E-state index contributed by atoms with van der Waals surface area (Å²) in [5.74, 6) is 0.0826. The number of rotatable bonds is 2. The van der Waals surface area contributed by atoms with Crippen LogP contribution >= 0.6 is 0 Å². The van der Waals surface area contributed by atoms with Crippen LogP contribution in [0.2, 0.25) is 0 Å². The highest BCUT2D eigenvalue weighted by Crippen LogP contribution is 2.26. The minimum absolute atomic E-state index is 0.191. The number of para-hydroxylation sites is 1. The van der Waals surface area contributed by atoms with Crippen LogP contribution in [0.25, 0.3) is 11.0 Å². The third kappa shape index (κ3) is 1.76. The summed E-state index contributed by atoms with van der Waals surface area (Å²) in [6.45, 7) is 0. The van der Waals surface area contributed by atoms with E-state index in [1.807, 2.05) is 30.3 Å². The summed E-state index contributed by atoms with van der Waals surface area (Å²) in [6, 6.07) is 11.5. The Morgan fingerprint density at radius 1 is 1.17 bits per heavy atom. The summed E-state index contributed by atoms with van der Waals surface area (Å²) in [4.78, 5) is 3.96. The van der Waals surface area contributed by atoms with Gasteiger partial charge >= 0.3 is 0 Å². The second-order valence-electron chi connectivity index (χ2n) is 4.03. The maximum absolute atomic E-state index is 13.6. The van der Waals surface area contributed by atoms with E-state index in [9.17, 15) is 4.39 Å². The van der Waals surface area contributed by atoms with Crippen molar-refractivity contribution < 1.29 is 8.81 Å². The molecule has 1 unspecified atom stereocenters. The molecular weight excluding hydrogens is 231 g/mol. The molecule has 0 saturated heterocycles. The lowest BCUT2D eigenvalue weighted by Gasteiger charge is -2.08. The van der Waals surface area contributed by atoms with Gasteiger partial charge in [0.1, 0.15) is 28.9 Å². The van der Waals surface area contributed by atoms with Crippen molar-refractivity contribution in [2.75, 3.05) is 0 Å². The largest absolute Gasteiger partial charge is 0.459 e. The van der Waals surface area contributed by atoms with Crippen molar-refractivity contribution in [2.24, 2.45) is 5.73 Å². The lowest BCUT2D eigenvalue weighted by Crippen LogP contribution is -2.14. The summed E-state index contributed by atoms with van der Waals surface area (Å²) in [7, 11) is 0. The molecule has 90 valence electrons. The molecule has 4 heteroatoms. The van der Waals surface area contributed by atoms with Crippen LogP contribution in [0, 0.1) is 5.82 Å². The van der Waals surface area contributed by atoms with Crippen molar-refractivity contribution in [3.05, 3.63) is 65.9 Å². The Bertz CT molecular complexity index is 660. The summed E-state index contributed by atoms with van der Waals surface area (Å²) in [5, 5.41) is 0.944. The molecule has 0 saturated carbocycles. The minimum Gasteiger partial charge on any atom is -0.459 e. The molecule has 0 spiro atoms. The predicted octanol–water partition coefficient (Wildman–Crippen LogP) is 3.02. The Morgan fingerprint density at radius 3 is 2.78 bits per heavy atom. The zero-order valence-corrected chi connectivity index (χ0v) is 9.51. The second-order valence-corrected chi connectivity index (χ2v) is 4.03. The van der Waals surface area contributed by atoms with Crippen LogP contribution < -0.4 is 5.73 Å². The van der Waals surface area contributed by atoms with E-state index in [0.29, 0.717) is 5.76 Å². The van der Waals surface area contributed by atoms with Crippen molar-refractivity contribution in [3.63, 3.8) is 0 Å². The first-order valence-corrected chi connectivity index (χ1v) is 5.60. The summed E-state index contributed by atoms with van der Waals surface area (Å²) in [6.07, 6.45) is 1.51. The van der Waals surface area contributed by atoms with Gasteiger partial charge in [-0.2, -0.15) is 0 Å². The van der Waals surface area contributed by atoms with E-state index in [2.05, 4.69) is 4.98 Å². The molecule has 18 heavy (non-hydrogen) atoms. The van der Waals surface area contributed by atoms with Crippen LogP contribution in [0.1, 0.15) is 17.5 Å². The van der Waals surface area contributed by atoms with Gasteiger partial charge in [0.05, 0.1) is 0 Å². The zero-order valence-electron chi connectivity index (χ0n) is 9.51. The highest BCUT2D eigenvalue weighted by Gasteiger charge is 2.18. The van der Waals surface area contributed by atoms with Gasteiger partial charge in [-0.15, -0.1) is 0 Å². The molecule has 2 aromatic heterocycles. The molecule has 0 aliphatic rings. The van der Waals surface area contributed by atoms with E-state index in [-0.39, 0.29) is 5.69 Å². The molecule has 3 aromatic rings. The first-order chi connectivity index (χ1) is 8.75. The summed E-state index contributed by atoms with van der Waals surface area (Å²) in [5.41, 5.74) is 6.91. The van der Waals surface area contributed by atoms with E-state index >= 15 is 0 Å². The number of furan rings is 1. The molecule has 0 radical (unpaired) electrons. The highest BCUT2D eigenvalue weighted by atomic mass is 19.1. The number of nitrogens with two attached hydrogens (primary N) is 1. The number of benzene rings is 1. The monoisotopic (exact) mass is 242 g/mol. The fourth-order valence-electron chi connectivity index (χ4n) is 1.92. The molecule has 0 bridgehead atoms. The number of aromatic nitrogens is 1. The second kappa shape index (κ2) is 4.23. The van der Waals surface area contributed by atoms with Crippen LogP contribution in [-0.2, 0) is 0 Å². The topological polar surface area (TPSA) is 52.0 Å². The number of nitrogens with zero attached hydrogens (tertiary/aromatic N) is 1. The van der Waals surface area contributed by atoms with Gasteiger partial charge < -0.3 is 10.2 Å². The van der Waals surface area contributed by atoms with Gasteiger partial charge in [0.25, 0.3) is 0 Å². The van der Waals surface area contributed by atoms with Crippen molar-refractivity contribution in [1.29, 1.82) is 0 Å². The van der Waals surface area contributed by atoms with Crippen LogP contribution in [0.15, 0.2) is 53.1 Å². The van der Waals surface area contributed by atoms with Gasteiger partial charge in [-0.3, -0.25) is 4.98 Å². The van der Waals surface area contributed by atoms with E-state index in [0.717, 1.165) is 11.0 Å². The Labute approximate surface area is 103 Å². The predicted molar refractivity (Wildman–Crippen MR) is 66.4 cm³/mol. The van der Waals surface area contributed by atoms with Gasteiger partial charge in [-0.25, -0.2) is 4.39 Å². The Balaban J connectivity index is 2.07. The van der Waals surface area contributed by atoms with E-state index in [4.69, 9.17) is 10.2 Å². The zero-order chi connectivity index (χ0) is 12.5. The highest BCUT2D eigenvalue weighted by molar-refractivity contribution is 5.77. The van der Waals surface area contributed by atoms with Crippen LogP contribution in [0.4, 0.5) is 4.39 Å². The number of pyridine rings is 1. The maximum Gasteiger partial charge on any atom is 0.146 e. The van der Waals surface area contributed by atoms with E-state index in [1.165, 1.54) is 18.3 Å². The maximum atomic E-state index is 13.6. The lowest BCUT2D eigenvalue weighted by molar-refractivity contribution is 0.502. The number of fused-ring (bicyclic) bond motifs is 1. The average Bonchev–Trinajstić information content (AvgIpc) is 2.82. The van der Waals surface area contributed by atoms with Crippen molar-refractivity contribution in [3.8, 4) is 0 Å². The molecule has 3 rings (SSSR count). The van der Waals surface area contributed by atoms with Crippen molar-refractivity contribution >= 4 is 11.0 Å². The van der Waals surface area contributed by atoms with Crippen molar-refractivity contribution in [2.45, 2.75) is 6.04 Å². The smallest absolute Gasteiger partial charge is 0.146 e. The minimum atomic E-state index is -0.696. The molecule has 0 aliphatic heterocycles. The van der Waals surface area contributed by atoms with Gasteiger partial charge in [0.15, 0.2) is 0 Å². The molecule has 2 heterocycles. The molecular formula is C14H11FN2O. The third-order valence-electron chi connectivity index (χ3n) is 2.83. The molecule has 0 fully saturated rings. The Kier molecular flexibility index (Phi) is 2.57. The molecule has 1 atom stereocenters. The SMILES string of the molecule is NC(c1cc2ccccc2o1)c1ncccc1F.